The SMILES string of the molecule is COc1ccccc1NCC(=O)NNC(=S)Nc1ccc(C)c(F)c1. The number of hydrazine groups is 1. The first-order valence-electron chi connectivity index (χ1n) is 7.48. The topological polar surface area (TPSA) is 74.4 Å². The molecule has 132 valence electrons. The van der Waals surface area contributed by atoms with Crippen molar-refractivity contribution in [1.29, 1.82) is 0 Å². The number of nitrogens with one attached hydrogen (secondary N) is 4. The van der Waals surface area contributed by atoms with Gasteiger partial charge in [0.05, 0.1) is 19.3 Å². The van der Waals surface area contributed by atoms with Gasteiger partial charge in [0.25, 0.3) is 5.91 Å². The van der Waals surface area contributed by atoms with Gasteiger partial charge in [0.1, 0.15) is 11.6 Å². The first-order valence-corrected chi connectivity index (χ1v) is 7.89. The average molecular weight is 362 g/mol. The molecule has 6 nitrogen and oxygen atoms in total. The normalized spacial score (nSPS) is 9.88. The van der Waals surface area contributed by atoms with Gasteiger partial charge in [0.2, 0.25) is 0 Å². The van der Waals surface area contributed by atoms with Gasteiger partial charge in [-0.1, -0.05) is 18.2 Å². The van der Waals surface area contributed by atoms with Crippen LogP contribution >= 0.6 is 12.2 Å². The maximum Gasteiger partial charge on any atom is 0.257 e. The fraction of sp³-hybridized carbons (Fsp3) is 0.176. The van der Waals surface area contributed by atoms with E-state index in [9.17, 15) is 9.18 Å². The van der Waals surface area contributed by atoms with Gasteiger partial charge in [-0.2, -0.15) is 0 Å². The highest BCUT2D eigenvalue weighted by molar-refractivity contribution is 7.80. The minimum atomic E-state index is -0.335. The van der Waals surface area contributed by atoms with Crippen LogP contribution in [0.15, 0.2) is 42.5 Å². The molecule has 0 saturated heterocycles. The number of benzene rings is 2. The first-order chi connectivity index (χ1) is 12.0. The maximum atomic E-state index is 13.5. The third-order valence-corrected chi connectivity index (χ3v) is 3.50. The number of carbonyl (C=O) groups is 1. The van der Waals surface area contributed by atoms with Crippen molar-refractivity contribution < 1.29 is 13.9 Å². The number of halogens is 1. The third kappa shape index (κ3) is 5.61. The van der Waals surface area contributed by atoms with E-state index in [1.54, 1.807) is 38.3 Å². The van der Waals surface area contributed by atoms with Crippen LogP contribution in [-0.4, -0.2) is 24.7 Å². The summed E-state index contributed by atoms with van der Waals surface area (Å²) in [6.07, 6.45) is 0. The highest BCUT2D eigenvalue weighted by atomic mass is 32.1. The number of rotatable bonds is 5. The first kappa shape index (κ1) is 18.5. The van der Waals surface area contributed by atoms with Gasteiger partial charge < -0.3 is 15.4 Å². The molecule has 0 bridgehead atoms. The molecule has 0 heterocycles. The zero-order valence-electron chi connectivity index (χ0n) is 13.9. The van der Waals surface area contributed by atoms with Gasteiger partial charge >= 0.3 is 0 Å². The minimum Gasteiger partial charge on any atom is -0.495 e. The summed E-state index contributed by atoms with van der Waals surface area (Å²) in [5, 5.41) is 5.89. The van der Waals surface area contributed by atoms with E-state index < -0.39 is 0 Å². The van der Waals surface area contributed by atoms with E-state index in [-0.39, 0.29) is 23.4 Å². The zero-order valence-corrected chi connectivity index (χ0v) is 14.7. The highest BCUT2D eigenvalue weighted by Crippen LogP contribution is 2.22. The number of carbonyl (C=O) groups excluding carboxylic acids is 1. The van der Waals surface area contributed by atoms with Crippen molar-refractivity contribution in [3.05, 3.63) is 53.8 Å². The van der Waals surface area contributed by atoms with Gasteiger partial charge in [0, 0.05) is 5.69 Å². The fourth-order valence-electron chi connectivity index (χ4n) is 1.97. The van der Waals surface area contributed by atoms with Gasteiger partial charge in [-0.05, 0) is 49.0 Å². The molecule has 2 rings (SSSR count). The van der Waals surface area contributed by atoms with Crippen LogP contribution in [-0.2, 0) is 4.79 Å². The molecule has 0 radical (unpaired) electrons. The number of amides is 1. The Labute approximate surface area is 150 Å². The number of thiocarbonyl (C=S) groups is 1. The van der Waals surface area contributed by atoms with Crippen molar-refractivity contribution in [2.75, 3.05) is 24.3 Å². The Morgan fingerprint density at radius 2 is 1.96 bits per heavy atom. The van der Waals surface area contributed by atoms with Crippen LogP contribution in [0.25, 0.3) is 0 Å². The molecule has 25 heavy (non-hydrogen) atoms. The van der Waals surface area contributed by atoms with Gasteiger partial charge in [-0.25, -0.2) is 4.39 Å². The Kier molecular flexibility index (Phi) is 6.53. The third-order valence-electron chi connectivity index (χ3n) is 3.29. The van der Waals surface area contributed by atoms with Crippen LogP contribution in [0.5, 0.6) is 5.75 Å². The molecule has 0 aromatic heterocycles. The van der Waals surface area contributed by atoms with Crippen LogP contribution in [0, 0.1) is 12.7 Å². The van der Waals surface area contributed by atoms with Gasteiger partial charge in [-0.15, -0.1) is 0 Å². The highest BCUT2D eigenvalue weighted by Gasteiger charge is 2.06. The zero-order chi connectivity index (χ0) is 18.2. The van der Waals surface area contributed by atoms with E-state index in [4.69, 9.17) is 17.0 Å². The number of ether oxygens (including phenoxy) is 1. The van der Waals surface area contributed by atoms with Crippen LogP contribution in [0.3, 0.4) is 0 Å². The summed E-state index contributed by atoms with van der Waals surface area (Å²) < 4.78 is 18.7. The molecule has 2 aromatic carbocycles. The molecule has 4 N–H and O–H groups in total. The molecular formula is C17H19FN4O2S. The van der Waals surface area contributed by atoms with E-state index in [1.165, 1.54) is 6.07 Å². The molecule has 0 spiro atoms. The van der Waals surface area contributed by atoms with Gasteiger partial charge in [0.15, 0.2) is 5.11 Å². The Bertz CT molecular complexity index is 770. The smallest absolute Gasteiger partial charge is 0.257 e. The second kappa shape index (κ2) is 8.84. The number of aryl methyl sites for hydroxylation is 1. The second-order valence-corrected chi connectivity index (χ2v) is 5.55. The monoisotopic (exact) mass is 362 g/mol. The Balaban J connectivity index is 1.77. The van der Waals surface area contributed by atoms with Crippen LogP contribution in [0.2, 0.25) is 0 Å². The van der Waals surface area contributed by atoms with Crippen LogP contribution in [0.4, 0.5) is 15.8 Å². The predicted octanol–water partition coefficient (Wildman–Crippen LogP) is 2.57. The van der Waals surface area contributed by atoms with E-state index in [2.05, 4.69) is 21.5 Å². The summed E-state index contributed by atoms with van der Waals surface area (Å²) in [5.41, 5.74) is 6.74. The van der Waals surface area contributed by atoms with E-state index in [0.717, 1.165) is 0 Å². The molecule has 0 fully saturated rings. The number of hydrogen-bond acceptors (Lipinski definition) is 4. The van der Waals surface area contributed by atoms with Crippen LogP contribution in [0.1, 0.15) is 5.56 Å². The van der Waals surface area contributed by atoms with Crippen molar-refractivity contribution in [3.63, 3.8) is 0 Å². The lowest BCUT2D eigenvalue weighted by Crippen LogP contribution is -2.45. The van der Waals surface area contributed by atoms with Crippen molar-refractivity contribution in [2.45, 2.75) is 6.92 Å². The summed E-state index contributed by atoms with van der Waals surface area (Å²) >= 11 is 5.05. The van der Waals surface area contributed by atoms with Crippen molar-refractivity contribution >= 4 is 34.6 Å². The summed E-state index contributed by atoms with van der Waals surface area (Å²) in [5.74, 6) is -0.0233. The average Bonchev–Trinajstić information content (AvgIpc) is 2.61. The molecule has 1 amide bonds. The summed E-state index contributed by atoms with van der Waals surface area (Å²) in [6.45, 7) is 1.69. The lowest BCUT2D eigenvalue weighted by molar-refractivity contribution is -0.119. The van der Waals surface area contributed by atoms with Gasteiger partial charge in [-0.3, -0.25) is 15.6 Å². The van der Waals surface area contributed by atoms with E-state index in [1.807, 2.05) is 12.1 Å². The predicted molar refractivity (Wildman–Crippen MR) is 100 cm³/mol. The number of methoxy groups -OCH3 is 1. The molecule has 0 atom stereocenters. The van der Waals surface area contributed by atoms with E-state index in [0.29, 0.717) is 22.7 Å². The maximum absolute atomic E-state index is 13.5. The number of anilines is 2. The van der Waals surface area contributed by atoms with E-state index >= 15 is 0 Å². The Hall–Kier alpha value is -2.87. The summed E-state index contributed by atoms with van der Waals surface area (Å²) in [6, 6.07) is 11.9. The Morgan fingerprint density at radius 3 is 2.68 bits per heavy atom. The summed E-state index contributed by atoms with van der Waals surface area (Å²) in [4.78, 5) is 11.8. The molecule has 8 heteroatoms. The molecular weight excluding hydrogens is 343 g/mol. The number of hydrogen-bond donors (Lipinski definition) is 4. The fourth-order valence-corrected chi connectivity index (χ4v) is 2.14. The minimum absolute atomic E-state index is 0.0230. The van der Waals surface area contributed by atoms with Crippen LogP contribution < -0.4 is 26.2 Å². The molecule has 0 aliphatic heterocycles. The lowest BCUT2D eigenvalue weighted by Gasteiger charge is -2.13. The molecule has 0 unspecified atom stereocenters. The molecule has 0 aliphatic carbocycles. The van der Waals surface area contributed by atoms with Crippen molar-refractivity contribution in [1.82, 2.24) is 10.9 Å². The summed E-state index contributed by atoms with van der Waals surface area (Å²) in [7, 11) is 1.56. The molecule has 2 aromatic rings. The van der Waals surface area contributed by atoms with Crippen molar-refractivity contribution in [2.24, 2.45) is 0 Å². The second-order valence-electron chi connectivity index (χ2n) is 5.15. The standard InChI is InChI=1S/C17H19FN4O2S/c1-11-7-8-12(9-13(11)18)20-17(25)22-21-16(23)10-19-14-5-3-4-6-15(14)24-2/h3-9,19H,10H2,1-2H3,(H,21,23)(H2,20,22,25). The number of para-hydroxylation sites is 2. The molecule has 0 aliphatic rings. The molecule has 0 saturated carbocycles. The quantitative estimate of drug-likeness (QED) is 0.484. The largest absolute Gasteiger partial charge is 0.495 e. The lowest BCUT2D eigenvalue weighted by atomic mass is 10.2. The van der Waals surface area contributed by atoms with Crippen molar-refractivity contribution in [3.8, 4) is 5.75 Å². The Morgan fingerprint density at radius 1 is 1.20 bits per heavy atom.